The van der Waals surface area contributed by atoms with Crippen molar-refractivity contribution < 1.29 is 0 Å². The van der Waals surface area contributed by atoms with Gasteiger partial charge in [-0.2, -0.15) is 0 Å². The van der Waals surface area contributed by atoms with E-state index in [1.165, 1.54) is 4.57 Å². The van der Waals surface area contributed by atoms with Crippen LogP contribution in [0.5, 0.6) is 0 Å². The van der Waals surface area contributed by atoms with E-state index in [2.05, 4.69) is 16.5 Å². The first-order chi connectivity index (χ1) is 6.74. The number of hydrogen-bond donors (Lipinski definition) is 1. The van der Waals surface area contributed by atoms with Gasteiger partial charge in [0, 0.05) is 12.7 Å². The Kier molecular flexibility index (Phi) is 2.13. The van der Waals surface area contributed by atoms with Crippen molar-refractivity contribution in [2.24, 2.45) is 0 Å². The van der Waals surface area contributed by atoms with E-state index >= 15 is 0 Å². The number of allylic oxidation sites excluding steroid dienone is 1. The average molecular weight is 210 g/mol. The second-order valence-corrected chi connectivity index (χ2v) is 3.16. The smallest absolute Gasteiger partial charge is 0.264 e. The molecular formula is C9H8ClN3O. The fourth-order valence-electron chi connectivity index (χ4n) is 1.29. The molecule has 0 radical (unpaired) electrons. The van der Waals surface area contributed by atoms with Gasteiger partial charge in [-0.05, 0) is 17.7 Å². The predicted octanol–water partition coefficient (Wildman–Crippen LogP) is 1.56. The van der Waals surface area contributed by atoms with E-state index in [0.717, 1.165) is 0 Å². The summed E-state index contributed by atoms with van der Waals surface area (Å²) in [5.41, 5.74) is 0.362. The lowest BCUT2D eigenvalue weighted by molar-refractivity contribution is 0.769. The fraction of sp³-hybridized carbons (Fsp3) is 0.111. The average Bonchev–Trinajstić information content (AvgIpc) is 2.60. The molecule has 0 aromatic carbocycles. The third-order valence-electron chi connectivity index (χ3n) is 1.94. The van der Waals surface area contributed by atoms with Gasteiger partial charge < -0.3 is 4.98 Å². The maximum atomic E-state index is 11.8. The molecule has 0 aliphatic carbocycles. The Morgan fingerprint density at radius 2 is 2.50 bits per heavy atom. The third-order valence-corrected chi connectivity index (χ3v) is 2.23. The van der Waals surface area contributed by atoms with Gasteiger partial charge in [0.25, 0.3) is 5.56 Å². The number of aromatic nitrogens is 3. The van der Waals surface area contributed by atoms with Gasteiger partial charge in [-0.1, -0.05) is 6.08 Å². The van der Waals surface area contributed by atoms with Crippen molar-refractivity contribution in [1.82, 2.24) is 14.5 Å². The summed E-state index contributed by atoms with van der Waals surface area (Å²) in [5, 5.41) is 0.709. The highest BCUT2D eigenvalue weighted by Gasteiger charge is 2.08. The van der Waals surface area contributed by atoms with Gasteiger partial charge in [0.1, 0.15) is 5.65 Å². The molecule has 2 aromatic rings. The third kappa shape index (κ3) is 1.24. The van der Waals surface area contributed by atoms with Crippen LogP contribution >= 0.6 is 11.6 Å². The second kappa shape index (κ2) is 3.31. The van der Waals surface area contributed by atoms with Crippen LogP contribution in [0.15, 0.2) is 29.7 Å². The summed E-state index contributed by atoms with van der Waals surface area (Å²) < 4.78 is 1.37. The first-order valence-corrected chi connectivity index (χ1v) is 4.46. The van der Waals surface area contributed by atoms with Gasteiger partial charge in [-0.15, -0.1) is 6.58 Å². The monoisotopic (exact) mass is 209 g/mol. The lowest BCUT2D eigenvalue weighted by Gasteiger charge is -2.03. The van der Waals surface area contributed by atoms with Gasteiger partial charge in [-0.3, -0.25) is 9.36 Å². The number of H-pyrrole nitrogens is 1. The van der Waals surface area contributed by atoms with Crippen LogP contribution < -0.4 is 5.56 Å². The van der Waals surface area contributed by atoms with Crippen molar-refractivity contribution in [2.45, 2.75) is 6.54 Å². The minimum Gasteiger partial charge on any atom is -0.346 e. The molecular weight excluding hydrogens is 202 g/mol. The zero-order valence-corrected chi connectivity index (χ0v) is 8.08. The fourth-order valence-corrected chi connectivity index (χ4v) is 1.53. The summed E-state index contributed by atoms with van der Waals surface area (Å²) in [6.07, 6.45) is 3.26. The van der Waals surface area contributed by atoms with Gasteiger partial charge in [0.05, 0.1) is 5.39 Å². The van der Waals surface area contributed by atoms with Crippen LogP contribution in [0.2, 0.25) is 5.28 Å². The van der Waals surface area contributed by atoms with Crippen molar-refractivity contribution in [3.05, 3.63) is 40.6 Å². The first kappa shape index (κ1) is 9.02. The molecule has 0 amide bonds. The van der Waals surface area contributed by atoms with Crippen LogP contribution in [-0.4, -0.2) is 14.5 Å². The van der Waals surface area contributed by atoms with E-state index in [1.54, 1.807) is 18.3 Å². The predicted molar refractivity (Wildman–Crippen MR) is 55.6 cm³/mol. The van der Waals surface area contributed by atoms with E-state index in [-0.39, 0.29) is 10.8 Å². The Hall–Kier alpha value is -1.55. The van der Waals surface area contributed by atoms with Crippen molar-refractivity contribution in [1.29, 1.82) is 0 Å². The van der Waals surface area contributed by atoms with E-state index in [0.29, 0.717) is 17.6 Å². The molecule has 2 rings (SSSR count). The molecule has 0 atom stereocenters. The molecule has 0 spiro atoms. The summed E-state index contributed by atoms with van der Waals surface area (Å²) in [4.78, 5) is 18.6. The van der Waals surface area contributed by atoms with Crippen molar-refractivity contribution in [3.8, 4) is 0 Å². The number of hydrogen-bond acceptors (Lipinski definition) is 2. The number of fused-ring (bicyclic) bond motifs is 1. The molecule has 0 saturated heterocycles. The van der Waals surface area contributed by atoms with Crippen LogP contribution in [-0.2, 0) is 6.54 Å². The Bertz CT molecular complexity index is 540. The molecule has 2 heterocycles. The molecule has 0 bridgehead atoms. The zero-order chi connectivity index (χ0) is 10.1. The lowest BCUT2D eigenvalue weighted by Crippen LogP contribution is -2.20. The van der Waals surface area contributed by atoms with Crippen LogP contribution in [0.1, 0.15) is 0 Å². The summed E-state index contributed by atoms with van der Waals surface area (Å²) in [5.74, 6) is 0. The van der Waals surface area contributed by atoms with E-state index in [9.17, 15) is 4.79 Å². The van der Waals surface area contributed by atoms with Crippen LogP contribution in [0.25, 0.3) is 11.0 Å². The Labute approximate surface area is 84.8 Å². The van der Waals surface area contributed by atoms with E-state index in [1.807, 2.05) is 0 Å². The van der Waals surface area contributed by atoms with Gasteiger partial charge in [-0.25, -0.2) is 4.98 Å². The zero-order valence-electron chi connectivity index (χ0n) is 7.33. The number of aromatic amines is 1. The molecule has 1 N–H and O–H groups in total. The molecule has 5 heteroatoms. The van der Waals surface area contributed by atoms with Crippen LogP contribution in [0.3, 0.4) is 0 Å². The number of rotatable bonds is 2. The molecule has 2 aromatic heterocycles. The van der Waals surface area contributed by atoms with E-state index < -0.39 is 0 Å². The van der Waals surface area contributed by atoms with E-state index in [4.69, 9.17) is 11.6 Å². The highest BCUT2D eigenvalue weighted by atomic mass is 35.5. The molecule has 14 heavy (non-hydrogen) atoms. The molecule has 0 aliphatic rings. The van der Waals surface area contributed by atoms with Crippen molar-refractivity contribution >= 4 is 22.6 Å². The highest BCUT2D eigenvalue weighted by molar-refractivity contribution is 6.28. The number of nitrogens with one attached hydrogen (secondary N) is 1. The van der Waals surface area contributed by atoms with Crippen molar-refractivity contribution in [2.75, 3.05) is 0 Å². The number of halogens is 1. The second-order valence-electron chi connectivity index (χ2n) is 2.83. The van der Waals surface area contributed by atoms with Crippen LogP contribution in [0, 0.1) is 0 Å². The van der Waals surface area contributed by atoms with Gasteiger partial charge >= 0.3 is 0 Å². The molecule has 4 nitrogen and oxygen atoms in total. The SMILES string of the molecule is C=CCn1c(Cl)nc2[nH]ccc2c1=O. The molecule has 0 aliphatic heterocycles. The molecule has 0 saturated carbocycles. The summed E-state index contributed by atoms with van der Waals surface area (Å²) in [6.45, 7) is 3.92. The maximum Gasteiger partial charge on any atom is 0.264 e. The van der Waals surface area contributed by atoms with Crippen molar-refractivity contribution in [3.63, 3.8) is 0 Å². The molecule has 72 valence electrons. The first-order valence-electron chi connectivity index (χ1n) is 4.08. The minimum atomic E-state index is -0.152. The topological polar surface area (TPSA) is 50.7 Å². The van der Waals surface area contributed by atoms with Gasteiger partial charge in [0.2, 0.25) is 5.28 Å². The Balaban J connectivity index is 2.82. The van der Waals surface area contributed by atoms with Gasteiger partial charge in [0.15, 0.2) is 0 Å². The maximum absolute atomic E-state index is 11.8. The quantitative estimate of drug-likeness (QED) is 0.603. The largest absolute Gasteiger partial charge is 0.346 e. The molecule has 0 unspecified atom stereocenters. The Morgan fingerprint density at radius 1 is 1.71 bits per heavy atom. The number of nitrogens with zero attached hydrogens (tertiary/aromatic N) is 2. The summed E-state index contributed by atoms with van der Waals surface area (Å²) >= 11 is 5.83. The standard InChI is InChI=1S/C9H8ClN3O/c1-2-5-13-8(14)6-3-4-11-7(6)12-9(13)10/h2-4,11H,1,5H2. The molecule has 0 fully saturated rings. The highest BCUT2D eigenvalue weighted by Crippen LogP contribution is 2.09. The Morgan fingerprint density at radius 3 is 3.21 bits per heavy atom. The summed E-state index contributed by atoms with van der Waals surface area (Å²) in [7, 11) is 0. The lowest BCUT2D eigenvalue weighted by atomic mass is 10.4. The normalized spacial score (nSPS) is 10.6. The summed E-state index contributed by atoms with van der Waals surface area (Å²) in [6, 6.07) is 1.68. The van der Waals surface area contributed by atoms with Crippen LogP contribution in [0.4, 0.5) is 0 Å². The minimum absolute atomic E-state index is 0.152.